The predicted octanol–water partition coefficient (Wildman–Crippen LogP) is 1.87. The third-order valence-corrected chi connectivity index (χ3v) is 5.27. The van der Waals surface area contributed by atoms with Crippen LogP contribution in [0, 0.1) is 0 Å². The number of benzene rings is 2. The number of nitrogens with one attached hydrogen (secondary N) is 2. The van der Waals surface area contributed by atoms with E-state index in [-0.39, 0.29) is 5.75 Å². The summed E-state index contributed by atoms with van der Waals surface area (Å²) in [6.07, 6.45) is 0.879. The minimum atomic E-state index is -3.27. The van der Waals surface area contributed by atoms with Gasteiger partial charge in [-0.2, -0.15) is 0 Å². The van der Waals surface area contributed by atoms with Crippen LogP contribution in [0.2, 0.25) is 0 Å². The summed E-state index contributed by atoms with van der Waals surface area (Å²) in [5, 5.41) is 6.23. The highest BCUT2D eigenvalue weighted by molar-refractivity contribution is 7.91. The first-order valence-electron chi connectivity index (χ1n) is 7.88. The Morgan fingerprint density at radius 1 is 0.917 bits per heavy atom. The maximum Gasteiger partial charge on any atom is 0.191 e. The molecule has 0 radical (unpaired) electrons. The molecule has 5 nitrogen and oxygen atoms in total. The van der Waals surface area contributed by atoms with Crippen molar-refractivity contribution in [3.8, 4) is 0 Å². The fraction of sp³-hybridized carbons (Fsp3) is 0.278. The molecule has 0 saturated carbocycles. The van der Waals surface area contributed by atoms with Gasteiger partial charge in [0.1, 0.15) is 0 Å². The zero-order valence-electron chi connectivity index (χ0n) is 13.8. The number of hydrogen-bond donors (Lipinski definition) is 2. The van der Waals surface area contributed by atoms with E-state index in [1.165, 1.54) is 5.56 Å². The van der Waals surface area contributed by atoms with Crippen molar-refractivity contribution in [1.29, 1.82) is 0 Å². The Morgan fingerprint density at radius 3 is 2.12 bits per heavy atom. The minimum absolute atomic E-state index is 0.0242. The van der Waals surface area contributed by atoms with Crippen LogP contribution in [0.4, 0.5) is 0 Å². The van der Waals surface area contributed by atoms with Crippen molar-refractivity contribution >= 4 is 15.8 Å². The van der Waals surface area contributed by atoms with Gasteiger partial charge in [-0.1, -0.05) is 48.5 Å². The molecular formula is C18H23N3O2S. The van der Waals surface area contributed by atoms with Crippen molar-refractivity contribution in [3.05, 3.63) is 66.2 Å². The van der Waals surface area contributed by atoms with E-state index in [2.05, 4.69) is 27.8 Å². The van der Waals surface area contributed by atoms with Crippen LogP contribution >= 0.6 is 0 Å². The van der Waals surface area contributed by atoms with Gasteiger partial charge in [0, 0.05) is 20.1 Å². The minimum Gasteiger partial charge on any atom is -0.356 e. The first-order valence-corrected chi connectivity index (χ1v) is 9.53. The van der Waals surface area contributed by atoms with E-state index in [0.717, 1.165) is 13.0 Å². The molecule has 2 aromatic carbocycles. The summed E-state index contributed by atoms with van der Waals surface area (Å²) in [5.74, 6) is 0.630. The molecule has 0 fully saturated rings. The maximum atomic E-state index is 12.2. The average molecular weight is 345 g/mol. The number of sulfone groups is 1. The van der Waals surface area contributed by atoms with Crippen LogP contribution in [-0.2, 0) is 16.3 Å². The Hall–Kier alpha value is -2.34. The molecule has 0 aliphatic heterocycles. The molecule has 0 aliphatic rings. The highest BCUT2D eigenvalue weighted by Gasteiger charge is 2.13. The molecule has 0 amide bonds. The molecule has 2 N–H and O–H groups in total. The third-order valence-electron chi connectivity index (χ3n) is 3.54. The van der Waals surface area contributed by atoms with Crippen molar-refractivity contribution in [2.75, 3.05) is 25.9 Å². The molecule has 128 valence electrons. The smallest absolute Gasteiger partial charge is 0.191 e. The average Bonchev–Trinajstić information content (AvgIpc) is 2.62. The standard InChI is InChI=1S/C18H23N3O2S/c1-19-18(20-13-12-16-8-4-2-5-9-16)21-14-15-24(22,23)17-10-6-3-7-11-17/h2-11H,12-15H2,1H3,(H2,19,20,21). The third kappa shape index (κ3) is 5.70. The molecule has 0 unspecified atom stereocenters. The Bertz CT molecular complexity index is 744. The molecule has 0 saturated heterocycles. The van der Waals surface area contributed by atoms with Crippen LogP contribution in [0.5, 0.6) is 0 Å². The summed E-state index contributed by atoms with van der Waals surface area (Å²) in [4.78, 5) is 4.46. The van der Waals surface area contributed by atoms with Gasteiger partial charge in [0.05, 0.1) is 10.6 Å². The summed E-state index contributed by atoms with van der Waals surface area (Å²) in [5.41, 5.74) is 1.24. The number of aliphatic imine (C=N–C) groups is 1. The van der Waals surface area contributed by atoms with E-state index in [9.17, 15) is 8.42 Å². The lowest BCUT2D eigenvalue weighted by molar-refractivity contribution is 0.594. The second kappa shape index (κ2) is 9.08. The lowest BCUT2D eigenvalue weighted by Crippen LogP contribution is -2.40. The monoisotopic (exact) mass is 345 g/mol. The Balaban J connectivity index is 1.76. The van der Waals surface area contributed by atoms with Crippen molar-refractivity contribution < 1.29 is 8.42 Å². The normalized spacial score (nSPS) is 12.0. The van der Waals surface area contributed by atoms with E-state index in [1.54, 1.807) is 37.4 Å². The van der Waals surface area contributed by atoms with E-state index in [0.29, 0.717) is 17.4 Å². The van der Waals surface area contributed by atoms with Crippen LogP contribution in [-0.4, -0.2) is 40.3 Å². The fourth-order valence-electron chi connectivity index (χ4n) is 2.24. The van der Waals surface area contributed by atoms with Gasteiger partial charge < -0.3 is 10.6 Å². The molecule has 0 aromatic heterocycles. The van der Waals surface area contributed by atoms with Gasteiger partial charge in [-0.15, -0.1) is 0 Å². The second-order valence-corrected chi connectivity index (χ2v) is 7.40. The Morgan fingerprint density at radius 2 is 1.50 bits per heavy atom. The summed E-state index contributed by atoms with van der Waals surface area (Å²) < 4.78 is 24.4. The van der Waals surface area contributed by atoms with Gasteiger partial charge in [-0.05, 0) is 24.1 Å². The van der Waals surface area contributed by atoms with Crippen LogP contribution in [0.3, 0.4) is 0 Å². The molecular weight excluding hydrogens is 322 g/mol. The largest absolute Gasteiger partial charge is 0.356 e. The number of rotatable bonds is 7. The van der Waals surface area contributed by atoms with E-state index in [1.807, 2.05) is 18.2 Å². The van der Waals surface area contributed by atoms with Crippen molar-refractivity contribution in [2.24, 2.45) is 4.99 Å². The van der Waals surface area contributed by atoms with Crippen LogP contribution in [0.15, 0.2) is 70.6 Å². The molecule has 6 heteroatoms. The van der Waals surface area contributed by atoms with Crippen molar-refractivity contribution in [1.82, 2.24) is 10.6 Å². The zero-order valence-corrected chi connectivity index (χ0v) is 14.6. The fourth-order valence-corrected chi connectivity index (χ4v) is 3.42. The second-order valence-electron chi connectivity index (χ2n) is 5.29. The summed E-state index contributed by atoms with van der Waals surface area (Å²) in [6, 6.07) is 18.6. The number of guanidine groups is 1. The highest BCUT2D eigenvalue weighted by Crippen LogP contribution is 2.09. The first-order chi connectivity index (χ1) is 11.6. The molecule has 24 heavy (non-hydrogen) atoms. The summed E-state index contributed by atoms with van der Waals surface area (Å²) >= 11 is 0. The van der Waals surface area contributed by atoms with Gasteiger partial charge in [-0.3, -0.25) is 4.99 Å². The molecule has 0 spiro atoms. The summed E-state index contributed by atoms with van der Waals surface area (Å²) in [6.45, 7) is 1.04. The van der Waals surface area contributed by atoms with E-state index >= 15 is 0 Å². The molecule has 0 aliphatic carbocycles. The lowest BCUT2D eigenvalue weighted by atomic mass is 10.1. The zero-order chi connectivity index (χ0) is 17.3. The topological polar surface area (TPSA) is 70.6 Å². The predicted molar refractivity (Wildman–Crippen MR) is 98.0 cm³/mol. The lowest BCUT2D eigenvalue weighted by Gasteiger charge is -2.12. The van der Waals surface area contributed by atoms with Gasteiger partial charge in [0.15, 0.2) is 15.8 Å². The van der Waals surface area contributed by atoms with Crippen molar-refractivity contribution in [2.45, 2.75) is 11.3 Å². The quantitative estimate of drug-likeness (QED) is 0.594. The molecule has 2 aromatic rings. The highest BCUT2D eigenvalue weighted by atomic mass is 32.2. The van der Waals surface area contributed by atoms with Gasteiger partial charge in [-0.25, -0.2) is 8.42 Å². The first kappa shape index (κ1) is 18.0. The van der Waals surface area contributed by atoms with E-state index in [4.69, 9.17) is 0 Å². The SMILES string of the molecule is CN=C(NCCc1ccccc1)NCCS(=O)(=O)c1ccccc1. The maximum absolute atomic E-state index is 12.2. The number of nitrogens with zero attached hydrogens (tertiary/aromatic N) is 1. The van der Waals surface area contributed by atoms with E-state index < -0.39 is 9.84 Å². The molecule has 0 heterocycles. The molecule has 0 bridgehead atoms. The van der Waals surface area contributed by atoms with Gasteiger partial charge >= 0.3 is 0 Å². The summed E-state index contributed by atoms with van der Waals surface area (Å²) in [7, 11) is -1.60. The molecule has 2 rings (SSSR count). The van der Waals surface area contributed by atoms with Crippen LogP contribution in [0.25, 0.3) is 0 Å². The molecule has 0 atom stereocenters. The van der Waals surface area contributed by atoms with Gasteiger partial charge in [0.25, 0.3) is 0 Å². The Kier molecular flexibility index (Phi) is 6.81. The van der Waals surface area contributed by atoms with Crippen LogP contribution < -0.4 is 10.6 Å². The Labute approximate surface area is 143 Å². The van der Waals surface area contributed by atoms with Crippen LogP contribution in [0.1, 0.15) is 5.56 Å². The van der Waals surface area contributed by atoms with Crippen molar-refractivity contribution in [3.63, 3.8) is 0 Å². The van der Waals surface area contributed by atoms with Gasteiger partial charge in [0.2, 0.25) is 0 Å². The number of hydrogen-bond acceptors (Lipinski definition) is 3.